The number of pyridine rings is 1. The van der Waals surface area contributed by atoms with Gasteiger partial charge in [0.2, 0.25) is 11.9 Å². The SMILES string of the molecule is CCOC(=O)C1CCN(CC(=O)Nc2ccc(C)c(Nc3nccc(-c4ccccn4)n3)c2)CC1. The van der Waals surface area contributed by atoms with Crippen molar-refractivity contribution in [3.8, 4) is 11.4 Å². The van der Waals surface area contributed by atoms with Gasteiger partial charge in [0.1, 0.15) is 0 Å². The van der Waals surface area contributed by atoms with Gasteiger partial charge in [-0.05, 0) is 75.7 Å². The van der Waals surface area contributed by atoms with E-state index in [0.717, 1.165) is 22.6 Å². The highest BCUT2D eigenvalue weighted by molar-refractivity contribution is 5.93. The van der Waals surface area contributed by atoms with Crippen molar-refractivity contribution >= 4 is 29.2 Å². The fourth-order valence-corrected chi connectivity index (χ4v) is 4.02. The predicted octanol–water partition coefficient (Wildman–Crippen LogP) is 3.80. The zero-order chi connectivity index (χ0) is 24.6. The van der Waals surface area contributed by atoms with E-state index in [1.54, 1.807) is 12.4 Å². The third-order valence-corrected chi connectivity index (χ3v) is 5.93. The third kappa shape index (κ3) is 6.60. The summed E-state index contributed by atoms with van der Waals surface area (Å²) in [6, 6.07) is 13.2. The van der Waals surface area contributed by atoms with E-state index in [1.807, 2.05) is 56.3 Å². The normalized spacial score (nSPS) is 14.3. The van der Waals surface area contributed by atoms with Crippen LogP contribution in [0.4, 0.5) is 17.3 Å². The zero-order valence-corrected chi connectivity index (χ0v) is 20.0. The Balaban J connectivity index is 1.35. The van der Waals surface area contributed by atoms with Crippen LogP contribution >= 0.6 is 0 Å². The van der Waals surface area contributed by atoms with Crippen LogP contribution in [-0.2, 0) is 14.3 Å². The summed E-state index contributed by atoms with van der Waals surface area (Å²) in [6.07, 6.45) is 4.83. The molecule has 0 atom stereocenters. The van der Waals surface area contributed by atoms with E-state index in [2.05, 4.69) is 30.5 Å². The average molecular weight is 475 g/mol. The highest BCUT2D eigenvalue weighted by Gasteiger charge is 2.26. The average Bonchev–Trinajstić information content (AvgIpc) is 2.87. The number of aryl methyl sites for hydroxylation is 1. The summed E-state index contributed by atoms with van der Waals surface area (Å²) in [5.41, 5.74) is 3.97. The minimum Gasteiger partial charge on any atom is -0.466 e. The van der Waals surface area contributed by atoms with E-state index in [1.165, 1.54) is 0 Å². The van der Waals surface area contributed by atoms with Crippen LogP contribution in [0.3, 0.4) is 0 Å². The summed E-state index contributed by atoms with van der Waals surface area (Å²) >= 11 is 0. The summed E-state index contributed by atoms with van der Waals surface area (Å²) in [6.45, 7) is 5.86. The molecule has 0 saturated carbocycles. The topological polar surface area (TPSA) is 109 Å². The quantitative estimate of drug-likeness (QED) is 0.475. The zero-order valence-electron chi connectivity index (χ0n) is 20.0. The molecule has 3 heterocycles. The second-order valence-electron chi connectivity index (χ2n) is 8.49. The molecule has 0 unspecified atom stereocenters. The van der Waals surface area contributed by atoms with Crippen LogP contribution in [0.15, 0.2) is 54.9 Å². The molecule has 1 aliphatic heterocycles. The Morgan fingerprint density at radius 2 is 1.89 bits per heavy atom. The number of nitrogens with one attached hydrogen (secondary N) is 2. The predicted molar refractivity (Wildman–Crippen MR) is 134 cm³/mol. The second kappa shape index (κ2) is 11.5. The lowest BCUT2D eigenvalue weighted by Crippen LogP contribution is -2.41. The molecule has 4 rings (SSSR count). The van der Waals surface area contributed by atoms with Gasteiger partial charge in [-0.3, -0.25) is 19.5 Å². The molecular formula is C26H30N6O3. The molecule has 1 aliphatic rings. The number of esters is 1. The van der Waals surface area contributed by atoms with Gasteiger partial charge < -0.3 is 15.4 Å². The minimum absolute atomic E-state index is 0.0709. The molecule has 1 amide bonds. The summed E-state index contributed by atoms with van der Waals surface area (Å²) in [7, 11) is 0. The third-order valence-electron chi connectivity index (χ3n) is 5.93. The molecule has 0 aliphatic carbocycles. The lowest BCUT2D eigenvalue weighted by atomic mass is 9.97. The van der Waals surface area contributed by atoms with Crippen molar-refractivity contribution in [1.29, 1.82) is 0 Å². The van der Waals surface area contributed by atoms with E-state index in [0.29, 0.717) is 44.2 Å². The van der Waals surface area contributed by atoms with Crippen molar-refractivity contribution < 1.29 is 14.3 Å². The van der Waals surface area contributed by atoms with Crippen LogP contribution < -0.4 is 10.6 Å². The van der Waals surface area contributed by atoms with Crippen LogP contribution in [0.2, 0.25) is 0 Å². The monoisotopic (exact) mass is 474 g/mol. The Morgan fingerprint density at radius 3 is 2.63 bits per heavy atom. The number of anilines is 3. The number of carbonyl (C=O) groups excluding carboxylic acids is 2. The maximum absolute atomic E-state index is 12.7. The molecule has 0 bridgehead atoms. The van der Waals surface area contributed by atoms with Crippen LogP contribution in [0.25, 0.3) is 11.4 Å². The molecule has 2 aromatic heterocycles. The molecular weight excluding hydrogens is 444 g/mol. The van der Waals surface area contributed by atoms with Gasteiger partial charge in [-0.2, -0.15) is 0 Å². The van der Waals surface area contributed by atoms with E-state index < -0.39 is 0 Å². The van der Waals surface area contributed by atoms with Gasteiger partial charge >= 0.3 is 5.97 Å². The molecule has 1 aromatic carbocycles. The summed E-state index contributed by atoms with van der Waals surface area (Å²) in [4.78, 5) is 39.9. The number of rotatable bonds is 8. The van der Waals surface area contributed by atoms with Gasteiger partial charge in [0, 0.05) is 23.8 Å². The van der Waals surface area contributed by atoms with Crippen LogP contribution in [0.5, 0.6) is 0 Å². The van der Waals surface area contributed by atoms with Crippen molar-refractivity contribution in [3.05, 3.63) is 60.4 Å². The van der Waals surface area contributed by atoms with Crippen molar-refractivity contribution in [3.63, 3.8) is 0 Å². The largest absolute Gasteiger partial charge is 0.466 e. The van der Waals surface area contributed by atoms with E-state index in [9.17, 15) is 9.59 Å². The maximum atomic E-state index is 12.7. The minimum atomic E-state index is -0.133. The number of hydrogen-bond donors (Lipinski definition) is 2. The number of ether oxygens (including phenoxy) is 1. The molecule has 9 heteroatoms. The van der Waals surface area contributed by atoms with Gasteiger partial charge in [-0.15, -0.1) is 0 Å². The number of piperidine rings is 1. The van der Waals surface area contributed by atoms with Gasteiger partial charge in [-0.1, -0.05) is 12.1 Å². The summed E-state index contributed by atoms with van der Waals surface area (Å²) < 4.78 is 5.11. The molecule has 9 nitrogen and oxygen atoms in total. The molecule has 0 radical (unpaired) electrons. The highest BCUT2D eigenvalue weighted by Crippen LogP contribution is 2.24. The van der Waals surface area contributed by atoms with Gasteiger partial charge in [0.25, 0.3) is 0 Å². The molecule has 182 valence electrons. The Bertz CT molecular complexity index is 1160. The van der Waals surface area contributed by atoms with Crippen LogP contribution in [0.1, 0.15) is 25.3 Å². The number of aromatic nitrogens is 3. The number of nitrogens with zero attached hydrogens (tertiary/aromatic N) is 4. The van der Waals surface area contributed by atoms with E-state index in [4.69, 9.17) is 4.74 Å². The van der Waals surface area contributed by atoms with Gasteiger partial charge in [0.15, 0.2) is 0 Å². The lowest BCUT2D eigenvalue weighted by Gasteiger charge is -2.30. The lowest BCUT2D eigenvalue weighted by molar-refractivity contribution is -0.149. The Kier molecular flexibility index (Phi) is 7.99. The van der Waals surface area contributed by atoms with Crippen molar-refractivity contribution in [2.24, 2.45) is 5.92 Å². The Labute approximate surface area is 205 Å². The van der Waals surface area contributed by atoms with Crippen molar-refractivity contribution in [1.82, 2.24) is 19.9 Å². The number of amides is 1. The smallest absolute Gasteiger partial charge is 0.309 e. The van der Waals surface area contributed by atoms with Crippen molar-refractivity contribution in [2.75, 3.05) is 36.9 Å². The second-order valence-corrected chi connectivity index (χ2v) is 8.49. The molecule has 1 fully saturated rings. The molecule has 3 aromatic rings. The maximum Gasteiger partial charge on any atom is 0.309 e. The fourth-order valence-electron chi connectivity index (χ4n) is 4.02. The molecule has 0 spiro atoms. The first-order valence-corrected chi connectivity index (χ1v) is 11.8. The first-order chi connectivity index (χ1) is 17.0. The number of carbonyl (C=O) groups is 2. The van der Waals surface area contributed by atoms with Crippen LogP contribution in [-0.4, -0.2) is 58.0 Å². The number of hydrogen-bond acceptors (Lipinski definition) is 8. The Morgan fingerprint density at radius 1 is 1.06 bits per heavy atom. The molecule has 35 heavy (non-hydrogen) atoms. The number of likely N-dealkylation sites (tertiary alicyclic amines) is 1. The number of benzene rings is 1. The highest BCUT2D eigenvalue weighted by atomic mass is 16.5. The molecule has 2 N–H and O–H groups in total. The van der Waals surface area contributed by atoms with Gasteiger partial charge in [-0.25, -0.2) is 9.97 Å². The Hall–Kier alpha value is -3.85. The fraction of sp³-hybridized carbons (Fsp3) is 0.346. The van der Waals surface area contributed by atoms with Gasteiger partial charge in [0.05, 0.1) is 30.5 Å². The first kappa shape index (κ1) is 24.3. The first-order valence-electron chi connectivity index (χ1n) is 11.8. The van der Waals surface area contributed by atoms with E-state index >= 15 is 0 Å². The summed E-state index contributed by atoms with van der Waals surface area (Å²) in [5.74, 6) is 0.149. The molecule has 1 saturated heterocycles. The van der Waals surface area contributed by atoms with Crippen molar-refractivity contribution in [2.45, 2.75) is 26.7 Å². The van der Waals surface area contributed by atoms with Crippen LogP contribution in [0, 0.1) is 12.8 Å². The summed E-state index contributed by atoms with van der Waals surface area (Å²) in [5, 5.41) is 6.22. The standard InChI is InChI=1S/C26H30N6O3/c1-3-35-25(34)19-10-14-32(15-11-19)17-24(33)29-20-8-7-18(2)23(16-20)31-26-28-13-9-22(30-26)21-6-4-5-12-27-21/h4-9,12-13,16,19H,3,10-11,14-15,17H2,1-2H3,(H,29,33)(H,28,30,31). The van der Waals surface area contributed by atoms with E-state index in [-0.39, 0.29) is 24.3 Å².